The maximum absolute atomic E-state index is 12.7. The molecular weight excluding hydrogens is 276 g/mol. The van der Waals surface area contributed by atoms with Crippen molar-refractivity contribution >= 4 is 23.1 Å². The second-order valence-corrected chi connectivity index (χ2v) is 4.75. The van der Waals surface area contributed by atoms with E-state index in [4.69, 9.17) is 27.4 Å². The number of benzene rings is 1. The van der Waals surface area contributed by atoms with E-state index >= 15 is 0 Å². The molecule has 0 aromatic heterocycles. The van der Waals surface area contributed by atoms with Crippen LogP contribution in [0, 0.1) is 0 Å². The van der Waals surface area contributed by atoms with E-state index in [1.54, 1.807) is 23.1 Å². The number of rotatable bonds is 7. The number of nitrogens with zero attached hydrogens (tertiary/aromatic N) is 1. The Kier molecular flexibility index (Phi) is 6.24. The van der Waals surface area contributed by atoms with E-state index in [0.29, 0.717) is 23.6 Å². The van der Waals surface area contributed by atoms with Gasteiger partial charge in [0.25, 0.3) is 5.91 Å². The number of ether oxygens (including phenoxy) is 2. The van der Waals surface area contributed by atoms with Crippen LogP contribution in [-0.4, -0.2) is 43.1 Å². The highest BCUT2D eigenvalue weighted by atomic mass is 32.1. The highest BCUT2D eigenvalue weighted by Crippen LogP contribution is 2.29. The Morgan fingerprint density at radius 1 is 1.30 bits per heavy atom. The number of hydrogen-bond acceptors (Lipinski definition) is 4. The van der Waals surface area contributed by atoms with Crippen molar-refractivity contribution in [2.45, 2.75) is 13.3 Å². The fourth-order valence-corrected chi connectivity index (χ4v) is 2.09. The molecule has 0 unspecified atom stereocenters. The van der Waals surface area contributed by atoms with Crippen LogP contribution < -0.4 is 15.2 Å². The molecule has 0 fully saturated rings. The van der Waals surface area contributed by atoms with E-state index in [-0.39, 0.29) is 17.4 Å². The maximum atomic E-state index is 12.7. The second kappa shape index (κ2) is 7.69. The van der Waals surface area contributed by atoms with Crippen LogP contribution in [-0.2, 0) is 0 Å². The summed E-state index contributed by atoms with van der Waals surface area (Å²) in [5, 5.41) is 0. The molecule has 0 saturated heterocycles. The normalized spacial score (nSPS) is 9.95. The van der Waals surface area contributed by atoms with Crippen molar-refractivity contribution in [3.8, 4) is 11.5 Å². The first-order valence-electron chi connectivity index (χ1n) is 6.33. The Labute approximate surface area is 124 Å². The zero-order valence-electron chi connectivity index (χ0n) is 12.0. The van der Waals surface area contributed by atoms with Gasteiger partial charge >= 0.3 is 0 Å². The molecule has 1 amide bonds. The van der Waals surface area contributed by atoms with Crippen molar-refractivity contribution in [3.05, 3.63) is 23.8 Å². The lowest BCUT2D eigenvalue weighted by Gasteiger charge is -2.23. The largest absolute Gasteiger partial charge is 0.496 e. The van der Waals surface area contributed by atoms with Gasteiger partial charge in [-0.2, -0.15) is 0 Å². The van der Waals surface area contributed by atoms with Crippen molar-refractivity contribution in [3.63, 3.8) is 0 Å². The van der Waals surface area contributed by atoms with Crippen LogP contribution >= 0.6 is 12.2 Å². The maximum Gasteiger partial charge on any atom is 0.261 e. The van der Waals surface area contributed by atoms with Gasteiger partial charge in [-0.05, 0) is 18.6 Å². The molecule has 0 saturated carbocycles. The third-order valence-corrected chi connectivity index (χ3v) is 2.90. The van der Waals surface area contributed by atoms with Gasteiger partial charge in [0.15, 0.2) is 0 Å². The second-order valence-electron chi connectivity index (χ2n) is 4.23. The van der Waals surface area contributed by atoms with Gasteiger partial charge in [0, 0.05) is 6.54 Å². The predicted octanol–water partition coefficient (Wildman–Crippen LogP) is 1.84. The molecule has 0 aliphatic carbocycles. The zero-order valence-corrected chi connectivity index (χ0v) is 12.8. The monoisotopic (exact) mass is 296 g/mol. The van der Waals surface area contributed by atoms with Crippen LogP contribution in [0.15, 0.2) is 18.2 Å². The standard InChI is InChI=1S/C14H20N2O3S/c1-4-8-16(9-12(15)20)14(17)13-10(18-2)6-5-7-11(13)19-3/h5-7H,4,8-9H2,1-3H3,(H2,15,20). The van der Waals surface area contributed by atoms with Gasteiger partial charge in [-0.15, -0.1) is 0 Å². The quantitative estimate of drug-likeness (QED) is 0.778. The van der Waals surface area contributed by atoms with Gasteiger partial charge in [0.2, 0.25) is 0 Å². The summed E-state index contributed by atoms with van der Waals surface area (Å²) in [4.78, 5) is 14.6. The van der Waals surface area contributed by atoms with E-state index in [9.17, 15) is 4.79 Å². The van der Waals surface area contributed by atoms with Crippen molar-refractivity contribution in [2.24, 2.45) is 5.73 Å². The first-order valence-corrected chi connectivity index (χ1v) is 6.74. The first-order chi connectivity index (χ1) is 9.54. The van der Waals surface area contributed by atoms with E-state index in [1.807, 2.05) is 6.92 Å². The van der Waals surface area contributed by atoms with Crippen molar-refractivity contribution < 1.29 is 14.3 Å². The number of carbonyl (C=O) groups excluding carboxylic acids is 1. The molecule has 1 aromatic carbocycles. The van der Waals surface area contributed by atoms with Crippen molar-refractivity contribution in [1.29, 1.82) is 0 Å². The highest BCUT2D eigenvalue weighted by molar-refractivity contribution is 7.80. The van der Waals surface area contributed by atoms with E-state index < -0.39 is 0 Å². The molecule has 110 valence electrons. The molecular formula is C14H20N2O3S. The van der Waals surface area contributed by atoms with E-state index in [0.717, 1.165) is 6.42 Å². The molecule has 1 aromatic rings. The minimum absolute atomic E-state index is 0.200. The Bertz CT molecular complexity index is 469. The third-order valence-electron chi connectivity index (χ3n) is 2.77. The Balaban J connectivity index is 3.19. The van der Waals surface area contributed by atoms with Crippen LogP contribution in [0.1, 0.15) is 23.7 Å². The summed E-state index contributed by atoms with van der Waals surface area (Å²) in [6.45, 7) is 2.79. The number of hydrogen-bond donors (Lipinski definition) is 1. The Morgan fingerprint density at radius 3 is 2.25 bits per heavy atom. The number of nitrogens with two attached hydrogens (primary N) is 1. The lowest BCUT2D eigenvalue weighted by Crippen LogP contribution is -2.38. The summed E-state index contributed by atoms with van der Waals surface area (Å²) in [5.74, 6) is 0.741. The van der Waals surface area contributed by atoms with Crippen molar-refractivity contribution in [2.75, 3.05) is 27.3 Å². The highest BCUT2D eigenvalue weighted by Gasteiger charge is 2.23. The van der Waals surface area contributed by atoms with Gasteiger partial charge in [-0.3, -0.25) is 4.79 Å². The topological polar surface area (TPSA) is 64.8 Å². The number of amides is 1. The summed E-state index contributed by atoms with van der Waals surface area (Å²) in [5.41, 5.74) is 5.95. The van der Waals surface area contributed by atoms with Crippen LogP contribution in [0.5, 0.6) is 11.5 Å². The van der Waals surface area contributed by atoms with Crippen LogP contribution in [0.2, 0.25) is 0 Å². The molecule has 0 aliphatic rings. The van der Waals surface area contributed by atoms with Gasteiger partial charge in [0.05, 0.1) is 25.8 Å². The van der Waals surface area contributed by atoms with Crippen LogP contribution in [0.3, 0.4) is 0 Å². The lowest BCUT2D eigenvalue weighted by atomic mass is 10.1. The summed E-state index contributed by atoms with van der Waals surface area (Å²) in [7, 11) is 3.03. The first kappa shape index (κ1) is 16.2. The average molecular weight is 296 g/mol. The number of carbonyl (C=O) groups is 1. The number of methoxy groups -OCH3 is 2. The molecule has 5 nitrogen and oxygen atoms in total. The summed E-state index contributed by atoms with van der Waals surface area (Å²) >= 11 is 4.90. The Hall–Kier alpha value is -1.82. The molecule has 20 heavy (non-hydrogen) atoms. The van der Waals surface area contributed by atoms with Gasteiger partial charge < -0.3 is 20.1 Å². The lowest BCUT2D eigenvalue weighted by molar-refractivity contribution is 0.0773. The molecule has 0 heterocycles. The van der Waals surface area contributed by atoms with Crippen LogP contribution in [0.4, 0.5) is 0 Å². The summed E-state index contributed by atoms with van der Waals surface area (Å²) < 4.78 is 10.5. The Morgan fingerprint density at radius 2 is 1.85 bits per heavy atom. The van der Waals surface area contributed by atoms with Gasteiger partial charge in [-0.1, -0.05) is 25.2 Å². The van der Waals surface area contributed by atoms with Crippen molar-refractivity contribution in [1.82, 2.24) is 4.90 Å². The van der Waals surface area contributed by atoms with Crippen LogP contribution in [0.25, 0.3) is 0 Å². The van der Waals surface area contributed by atoms with Gasteiger partial charge in [-0.25, -0.2) is 0 Å². The zero-order chi connectivity index (χ0) is 15.1. The molecule has 0 bridgehead atoms. The fraction of sp³-hybridized carbons (Fsp3) is 0.429. The smallest absolute Gasteiger partial charge is 0.261 e. The summed E-state index contributed by atoms with van der Waals surface area (Å²) in [6, 6.07) is 5.22. The minimum Gasteiger partial charge on any atom is -0.496 e. The average Bonchev–Trinajstić information content (AvgIpc) is 2.44. The van der Waals surface area contributed by atoms with E-state index in [2.05, 4.69) is 0 Å². The predicted molar refractivity (Wildman–Crippen MR) is 82.5 cm³/mol. The fourth-order valence-electron chi connectivity index (χ4n) is 1.93. The molecule has 2 N–H and O–H groups in total. The molecule has 0 aliphatic heterocycles. The van der Waals surface area contributed by atoms with Gasteiger partial charge in [0.1, 0.15) is 17.1 Å². The molecule has 0 spiro atoms. The SMILES string of the molecule is CCCN(CC(N)=S)C(=O)c1c(OC)cccc1OC. The molecule has 0 atom stereocenters. The molecule has 0 radical (unpaired) electrons. The molecule has 1 rings (SSSR count). The summed E-state index contributed by atoms with van der Waals surface area (Å²) in [6.07, 6.45) is 0.811. The minimum atomic E-state index is -0.200. The van der Waals surface area contributed by atoms with E-state index in [1.165, 1.54) is 14.2 Å². The number of thiocarbonyl (C=S) groups is 1. The molecule has 6 heteroatoms. The third kappa shape index (κ3) is 3.84.